The van der Waals surface area contributed by atoms with Gasteiger partial charge in [-0.25, -0.2) is 8.42 Å². The molecule has 3 aromatic carbocycles. The van der Waals surface area contributed by atoms with Crippen LogP contribution in [0.5, 0.6) is 5.75 Å². The number of methoxy groups -OCH3 is 1. The number of anilines is 2. The summed E-state index contributed by atoms with van der Waals surface area (Å²) in [5.41, 5.74) is 3.52. The van der Waals surface area contributed by atoms with E-state index in [1.54, 1.807) is 61.7 Å². The number of sulfonamides is 1. The molecule has 160 valence electrons. The van der Waals surface area contributed by atoms with Crippen LogP contribution in [-0.2, 0) is 16.4 Å². The lowest BCUT2D eigenvalue weighted by atomic mass is 10.0. The summed E-state index contributed by atoms with van der Waals surface area (Å²) in [6.45, 7) is 2.33. The number of amides is 1. The molecule has 3 aromatic rings. The molecule has 6 nitrogen and oxygen atoms in total. The van der Waals surface area contributed by atoms with Gasteiger partial charge in [-0.3, -0.25) is 9.10 Å². The first kappa shape index (κ1) is 20.9. The minimum absolute atomic E-state index is 0.268. The molecule has 1 heterocycles. The number of carbonyl (C=O) groups excluding carboxylic acids is 1. The fraction of sp³-hybridized carbons (Fsp3) is 0.208. The van der Waals surface area contributed by atoms with Gasteiger partial charge in [-0.05, 0) is 67.8 Å². The Kier molecular flexibility index (Phi) is 5.69. The van der Waals surface area contributed by atoms with E-state index in [0.717, 1.165) is 11.1 Å². The third-order valence-electron chi connectivity index (χ3n) is 5.38. The molecule has 0 aromatic heterocycles. The van der Waals surface area contributed by atoms with Crippen LogP contribution < -0.4 is 14.4 Å². The van der Waals surface area contributed by atoms with E-state index < -0.39 is 10.0 Å². The van der Waals surface area contributed by atoms with Crippen molar-refractivity contribution in [3.63, 3.8) is 0 Å². The second-order valence-electron chi connectivity index (χ2n) is 7.49. The van der Waals surface area contributed by atoms with E-state index in [-0.39, 0.29) is 10.8 Å². The summed E-state index contributed by atoms with van der Waals surface area (Å²) < 4.78 is 33.2. The van der Waals surface area contributed by atoms with E-state index in [0.29, 0.717) is 42.1 Å². The van der Waals surface area contributed by atoms with Crippen molar-refractivity contribution in [3.05, 3.63) is 83.4 Å². The number of fused-ring (bicyclic) bond motifs is 1. The average Bonchev–Trinajstić information content (AvgIpc) is 2.79. The highest BCUT2D eigenvalue weighted by molar-refractivity contribution is 7.92. The van der Waals surface area contributed by atoms with Gasteiger partial charge in [-0.1, -0.05) is 29.8 Å². The van der Waals surface area contributed by atoms with Gasteiger partial charge in [0.25, 0.3) is 15.9 Å². The monoisotopic (exact) mass is 436 g/mol. The number of ether oxygens (including phenoxy) is 1. The first-order valence-corrected chi connectivity index (χ1v) is 11.5. The van der Waals surface area contributed by atoms with Gasteiger partial charge < -0.3 is 10.1 Å². The van der Waals surface area contributed by atoms with Crippen LogP contribution in [0.1, 0.15) is 27.9 Å². The van der Waals surface area contributed by atoms with Crippen LogP contribution in [0.25, 0.3) is 0 Å². The summed E-state index contributed by atoms with van der Waals surface area (Å²) in [6.07, 6.45) is 1.40. The van der Waals surface area contributed by atoms with Crippen LogP contribution in [0, 0.1) is 6.92 Å². The number of para-hydroxylation sites is 2. The first-order valence-electron chi connectivity index (χ1n) is 10.1. The Morgan fingerprint density at radius 2 is 1.77 bits per heavy atom. The molecule has 1 amide bonds. The lowest BCUT2D eigenvalue weighted by molar-refractivity contribution is 0.102. The SMILES string of the molecule is COc1ccccc1NC(=O)c1ccc2c(c1)CCCN2S(=O)(=O)c1ccc(C)cc1. The molecule has 1 aliphatic rings. The van der Waals surface area contributed by atoms with Crippen molar-refractivity contribution in [2.75, 3.05) is 23.3 Å². The molecule has 7 heteroatoms. The summed E-state index contributed by atoms with van der Waals surface area (Å²) in [5.74, 6) is 0.301. The quantitative estimate of drug-likeness (QED) is 0.643. The molecule has 0 radical (unpaired) electrons. The molecular formula is C24H24N2O4S. The van der Waals surface area contributed by atoms with E-state index in [1.165, 1.54) is 4.31 Å². The predicted molar refractivity (Wildman–Crippen MR) is 121 cm³/mol. The van der Waals surface area contributed by atoms with Gasteiger partial charge in [0.1, 0.15) is 5.75 Å². The lowest BCUT2D eigenvalue weighted by Gasteiger charge is -2.30. The van der Waals surface area contributed by atoms with Gasteiger partial charge in [0, 0.05) is 12.1 Å². The maximum atomic E-state index is 13.2. The maximum absolute atomic E-state index is 13.2. The molecule has 0 atom stereocenters. The summed E-state index contributed by atoms with van der Waals surface area (Å²) in [6, 6.07) is 19.2. The molecule has 31 heavy (non-hydrogen) atoms. The molecule has 1 aliphatic heterocycles. The summed E-state index contributed by atoms with van der Waals surface area (Å²) in [4.78, 5) is 13.1. The molecule has 0 saturated carbocycles. The Balaban J connectivity index is 1.63. The molecule has 4 rings (SSSR count). The zero-order valence-electron chi connectivity index (χ0n) is 17.5. The van der Waals surface area contributed by atoms with Crippen molar-refractivity contribution in [3.8, 4) is 5.75 Å². The largest absolute Gasteiger partial charge is 0.495 e. The number of aryl methyl sites for hydroxylation is 2. The number of rotatable bonds is 5. The van der Waals surface area contributed by atoms with Crippen molar-refractivity contribution >= 4 is 27.3 Å². The number of hydrogen-bond donors (Lipinski definition) is 1. The number of hydrogen-bond acceptors (Lipinski definition) is 4. The topological polar surface area (TPSA) is 75.7 Å². The van der Waals surface area contributed by atoms with E-state index in [1.807, 2.05) is 19.1 Å². The fourth-order valence-electron chi connectivity index (χ4n) is 3.73. The van der Waals surface area contributed by atoms with Gasteiger partial charge in [-0.2, -0.15) is 0 Å². The molecule has 1 N–H and O–H groups in total. The van der Waals surface area contributed by atoms with Crippen molar-refractivity contribution < 1.29 is 17.9 Å². The number of nitrogens with zero attached hydrogens (tertiary/aromatic N) is 1. The Morgan fingerprint density at radius 3 is 2.52 bits per heavy atom. The van der Waals surface area contributed by atoms with Crippen LogP contribution in [0.3, 0.4) is 0 Å². The van der Waals surface area contributed by atoms with Gasteiger partial charge in [-0.15, -0.1) is 0 Å². The molecular weight excluding hydrogens is 412 g/mol. The third-order valence-corrected chi connectivity index (χ3v) is 7.21. The highest BCUT2D eigenvalue weighted by Gasteiger charge is 2.29. The van der Waals surface area contributed by atoms with Crippen LogP contribution in [0.4, 0.5) is 11.4 Å². The van der Waals surface area contributed by atoms with E-state index in [9.17, 15) is 13.2 Å². The Hall–Kier alpha value is -3.32. The third kappa shape index (κ3) is 4.14. The van der Waals surface area contributed by atoms with Gasteiger partial charge in [0.2, 0.25) is 0 Å². The maximum Gasteiger partial charge on any atom is 0.264 e. The minimum Gasteiger partial charge on any atom is -0.495 e. The van der Waals surface area contributed by atoms with E-state index in [4.69, 9.17) is 4.74 Å². The van der Waals surface area contributed by atoms with Gasteiger partial charge in [0.05, 0.1) is 23.4 Å². The lowest BCUT2D eigenvalue weighted by Crippen LogP contribution is -2.35. The van der Waals surface area contributed by atoms with E-state index in [2.05, 4.69) is 5.32 Å². The molecule has 0 aliphatic carbocycles. The van der Waals surface area contributed by atoms with Crippen molar-refractivity contribution in [1.29, 1.82) is 0 Å². The highest BCUT2D eigenvalue weighted by atomic mass is 32.2. The van der Waals surface area contributed by atoms with Gasteiger partial charge >= 0.3 is 0 Å². The first-order chi connectivity index (χ1) is 14.9. The summed E-state index contributed by atoms with van der Waals surface area (Å²) in [7, 11) is -2.12. The second-order valence-corrected chi connectivity index (χ2v) is 9.35. The van der Waals surface area contributed by atoms with Crippen LogP contribution in [0.2, 0.25) is 0 Å². The molecule has 0 fully saturated rings. The van der Waals surface area contributed by atoms with Crippen LogP contribution in [-0.4, -0.2) is 28.0 Å². The fourth-order valence-corrected chi connectivity index (χ4v) is 5.27. The second kappa shape index (κ2) is 8.43. The standard InChI is InChI=1S/C24H24N2O4S/c1-17-9-12-20(13-10-17)31(28,29)26-15-5-6-18-16-19(11-14-22(18)26)24(27)25-21-7-3-4-8-23(21)30-2/h3-4,7-14,16H,5-6,15H2,1-2H3,(H,25,27). The zero-order chi connectivity index (χ0) is 22.0. The summed E-state index contributed by atoms with van der Waals surface area (Å²) >= 11 is 0. The average molecular weight is 437 g/mol. The summed E-state index contributed by atoms with van der Waals surface area (Å²) in [5, 5.41) is 2.86. The Morgan fingerprint density at radius 1 is 1.03 bits per heavy atom. The molecule has 0 bridgehead atoms. The smallest absolute Gasteiger partial charge is 0.264 e. The van der Waals surface area contributed by atoms with Crippen molar-refractivity contribution in [1.82, 2.24) is 0 Å². The molecule has 0 unspecified atom stereocenters. The minimum atomic E-state index is -3.67. The van der Waals surface area contributed by atoms with Gasteiger partial charge in [0.15, 0.2) is 0 Å². The normalized spacial score (nSPS) is 13.4. The zero-order valence-corrected chi connectivity index (χ0v) is 18.3. The Labute approximate surface area is 182 Å². The van der Waals surface area contributed by atoms with Crippen LogP contribution in [0.15, 0.2) is 71.6 Å². The molecule has 0 saturated heterocycles. The predicted octanol–water partition coefficient (Wildman–Crippen LogP) is 4.40. The molecule has 0 spiro atoms. The highest BCUT2D eigenvalue weighted by Crippen LogP contribution is 2.33. The van der Waals surface area contributed by atoms with Crippen molar-refractivity contribution in [2.45, 2.75) is 24.7 Å². The van der Waals surface area contributed by atoms with Crippen LogP contribution >= 0.6 is 0 Å². The Bertz CT molecular complexity index is 1220. The number of nitrogens with one attached hydrogen (secondary N) is 1. The number of benzene rings is 3. The number of carbonyl (C=O) groups is 1. The van der Waals surface area contributed by atoms with E-state index >= 15 is 0 Å². The van der Waals surface area contributed by atoms with Crippen molar-refractivity contribution in [2.24, 2.45) is 0 Å².